The van der Waals surface area contributed by atoms with Crippen LogP contribution >= 0.6 is 0 Å². The summed E-state index contributed by atoms with van der Waals surface area (Å²) in [4.78, 5) is 0. The number of halogens is 6. The van der Waals surface area contributed by atoms with Crippen LogP contribution in [0.3, 0.4) is 0 Å². The van der Waals surface area contributed by atoms with Gasteiger partial charge in [0.1, 0.15) is 6.17 Å². The van der Waals surface area contributed by atoms with E-state index < -0.39 is 29.9 Å². The molecule has 1 saturated carbocycles. The first kappa shape index (κ1) is 25.6. The number of rotatable bonds is 7. The first-order chi connectivity index (χ1) is 16.7. The summed E-state index contributed by atoms with van der Waals surface area (Å²) in [5.74, 6) is -3.78. The number of benzene rings is 2. The average molecular weight is 497 g/mol. The van der Waals surface area contributed by atoms with E-state index in [0.29, 0.717) is 17.9 Å². The molecule has 190 valence electrons. The maximum absolute atomic E-state index is 15.0. The van der Waals surface area contributed by atoms with Gasteiger partial charge in [-0.15, -0.1) is 13.2 Å². The molecule has 2 aliphatic carbocycles. The Bertz CT molecular complexity index is 1060. The van der Waals surface area contributed by atoms with E-state index in [1.54, 1.807) is 6.08 Å². The smallest absolute Gasteiger partial charge is 0.399 e. The van der Waals surface area contributed by atoms with Crippen LogP contribution in [0.15, 0.2) is 36.4 Å². The predicted molar refractivity (Wildman–Crippen MR) is 124 cm³/mol. The van der Waals surface area contributed by atoms with Crippen molar-refractivity contribution in [2.24, 2.45) is 5.92 Å². The Morgan fingerprint density at radius 2 is 1.77 bits per heavy atom. The third-order valence-electron chi connectivity index (χ3n) is 7.33. The second-order valence-electron chi connectivity index (χ2n) is 9.72. The molecular weight excluding hydrogens is 466 g/mol. The molecule has 35 heavy (non-hydrogen) atoms. The summed E-state index contributed by atoms with van der Waals surface area (Å²) >= 11 is 0. The van der Waals surface area contributed by atoms with Gasteiger partial charge in [0.05, 0.1) is 0 Å². The molecule has 0 aromatic heterocycles. The zero-order chi connectivity index (χ0) is 25.2. The third kappa shape index (κ3) is 6.04. The second-order valence-corrected chi connectivity index (χ2v) is 9.72. The van der Waals surface area contributed by atoms with Gasteiger partial charge < -0.3 is 4.74 Å². The Morgan fingerprint density at radius 3 is 2.43 bits per heavy atom. The van der Waals surface area contributed by atoms with Crippen molar-refractivity contribution in [2.75, 3.05) is 0 Å². The van der Waals surface area contributed by atoms with Crippen molar-refractivity contribution < 1.29 is 31.1 Å². The minimum Gasteiger partial charge on any atom is -0.399 e. The average Bonchev–Trinajstić information content (AvgIpc) is 2.81. The van der Waals surface area contributed by atoms with Crippen LogP contribution in [0.4, 0.5) is 26.3 Å². The van der Waals surface area contributed by atoms with Crippen molar-refractivity contribution in [1.29, 1.82) is 0 Å². The fourth-order valence-corrected chi connectivity index (χ4v) is 5.46. The molecule has 0 saturated heterocycles. The van der Waals surface area contributed by atoms with Crippen LogP contribution in [0.5, 0.6) is 5.75 Å². The van der Waals surface area contributed by atoms with Gasteiger partial charge >= 0.3 is 6.36 Å². The molecular formula is C28H30F6O. The molecule has 0 N–H and O–H groups in total. The lowest BCUT2D eigenvalue weighted by molar-refractivity contribution is -0.276. The summed E-state index contributed by atoms with van der Waals surface area (Å²) in [5.41, 5.74) is 2.92. The fourth-order valence-electron chi connectivity index (χ4n) is 5.46. The quantitative estimate of drug-likeness (QED) is 0.275. The zero-order valence-electron chi connectivity index (χ0n) is 19.7. The fraction of sp³-hybridized carbons (Fsp3) is 0.500. The highest BCUT2D eigenvalue weighted by Crippen LogP contribution is 2.41. The highest BCUT2D eigenvalue weighted by Gasteiger charge is 2.36. The van der Waals surface area contributed by atoms with E-state index in [2.05, 4.69) is 11.7 Å². The lowest BCUT2D eigenvalue weighted by Gasteiger charge is -2.32. The van der Waals surface area contributed by atoms with Crippen molar-refractivity contribution in [1.82, 2.24) is 0 Å². The van der Waals surface area contributed by atoms with Crippen LogP contribution in [0.1, 0.15) is 80.0 Å². The number of unbranched alkanes of at least 4 members (excludes halogenated alkanes) is 2. The van der Waals surface area contributed by atoms with Crippen LogP contribution < -0.4 is 4.74 Å². The number of alkyl halides is 4. The van der Waals surface area contributed by atoms with Gasteiger partial charge in [-0.05, 0) is 71.9 Å². The first-order valence-corrected chi connectivity index (χ1v) is 12.3. The molecule has 3 unspecified atom stereocenters. The molecule has 1 nitrogen and oxygen atoms in total. The lowest BCUT2D eigenvalue weighted by Crippen LogP contribution is -2.24. The molecule has 0 radical (unpaired) electrons. The molecule has 4 rings (SSSR count). The molecule has 3 atom stereocenters. The van der Waals surface area contributed by atoms with Crippen molar-refractivity contribution in [3.63, 3.8) is 0 Å². The Labute approximate surface area is 202 Å². The van der Waals surface area contributed by atoms with Gasteiger partial charge in [0, 0.05) is 5.92 Å². The summed E-state index contributed by atoms with van der Waals surface area (Å²) in [6.07, 6.45) is 3.00. The maximum atomic E-state index is 15.0. The first-order valence-electron chi connectivity index (χ1n) is 12.3. The number of ether oxygens (including phenoxy) is 1. The van der Waals surface area contributed by atoms with Crippen LogP contribution in [-0.2, 0) is 12.8 Å². The van der Waals surface area contributed by atoms with Crippen molar-refractivity contribution in [3.8, 4) is 5.75 Å². The van der Waals surface area contributed by atoms with E-state index in [-0.39, 0.29) is 24.3 Å². The summed E-state index contributed by atoms with van der Waals surface area (Å²) < 4.78 is 84.8. The molecule has 0 spiro atoms. The number of hydrogen-bond acceptors (Lipinski definition) is 1. The normalized spacial score (nSPS) is 22.5. The van der Waals surface area contributed by atoms with E-state index >= 15 is 0 Å². The lowest BCUT2D eigenvalue weighted by atomic mass is 9.75. The van der Waals surface area contributed by atoms with Crippen LogP contribution in [0, 0.1) is 17.6 Å². The van der Waals surface area contributed by atoms with Gasteiger partial charge in [-0.25, -0.2) is 13.2 Å². The summed E-state index contributed by atoms with van der Waals surface area (Å²) in [7, 11) is 0. The largest absolute Gasteiger partial charge is 0.573 e. The van der Waals surface area contributed by atoms with Crippen LogP contribution in [0.25, 0.3) is 5.57 Å². The highest BCUT2D eigenvalue weighted by molar-refractivity contribution is 5.71. The van der Waals surface area contributed by atoms with E-state index in [1.165, 1.54) is 12.8 Å². The minimum atomic E-state index is -5.18. The van der Waals surface area contributed by atoms with Crippen LogP contribution in [0.2, 0.25) is 0 Å². The third-order valence-corrected chi connectivity index (χ3v) is 7.33. The van der Waals surface area contributed by atoms with E-state index in [9.17, 15) is 26.3 Å². The summed E-state index contributed by atoms with van der Waals surface area (Å²) in [6, 6.07) is 8.53. The van der Waals surface area contributed by atoms with E-state index in [0.717, 1.165) is 48.4 Å². The van der Waals surface area contributed by atoms with Gasteiger partial charge in [-0.3, -0.25) is 0 Å². The molecule has 0 bridgehead atoms. The Morgan fingerprint density at radius 1 is 1.03 bits per heavy atom. The van der Waals surface area contributed by atoms with Gasteiger partial charge in [0.15, 0.2) is 11.6 Å². The Hall–Kier alpha value is -2.44. The Kier molecular flexibility index (Phi) is 7.82. The topological polar surface area (TPSA) is 9.23 Å². The monoisotopic (exact) mass is 496 g/mol. The minimum absolute atomic E-state index is 0.00184. The molecule has 0 amide bonds. The molecule has 7 heteroatoms. The zero-order valence-corrected chi connectivity index (χ0v) is 19.7. The number of allylic oxidation sites excluding steroid dienone is 2. The number of fused-ring (bicyclic) bond motifs is 1. The van der Waals surface area contributed by atoms with Crippen molar-refractivity contribution in [3.05, 3.63) is 70.3 Å². The predicted octanol–water partition coefficient (Wildman–Crippen LogP) is 8.85. The molecule has 2 aromatic rings. The highest BCUT2D eigenvalue weighted by atomic mass is 19.4. The van der Waals surface area contributed by atoms with E-state index in [1.807, 2.05) is 24.3 Å². The van der Waals surface area contributed by atoms with Gasteiger partial charge in [-0.2, -0.15) is 0 Å². The van der Waals surface area contributed by atoms with Crippen LogP contribution in [-0.4, -0.2) is 12.5 Å². The Balaban J connectivity index is 1.43. The van der Waals surface area contributed by atoms with Gasteiger partial charge in [0.25, 0.3) is 0 Å². The summed E-state index contributed by atoms with van der Waals surface area (Å²) in [6.45, 7) is 2.17. The second kappa shape index (κ2) is 10.7. The maximum Gasteiger partial charge on any atom is 0.573 e. The molecule has 2 aliphatic rings. The molecule has 0 heterocycles. The van der Waals surface area contributed by atoms with Gasteiger partial charge in [-0.1, -0.05) is 62.9 Å². The molecule has 2 aromatic carbocycles. The molecule has 1 fully saturated rings. The molecule has 0 aliphatic heterocycles. The van der Waals surface area contributed by atoms with Crippen molar-refractivity contribution in [2.45, 2.75) is 83.2 Å². The standard InChI is InChI=1S/C28H30F6O/c1-2-3-4-5-17-6-12-22(24(29)14-17)19-9-7-18(8-10-19)20-11-13-23-21(15-20)16-25(30)27(26(23)31)35-28(32,33)34/h7-11,16-17,22,24H,2-6,12-15H2,1H3. The van der Waals surface area contributed by atoms with E-state index in [4.69, 9.17) is 0 Å². The van der Waals surface area contributed by atoms with Gasteiger partial charge in [0.2, 0.25) is 5.75 Å². The number of hydrogen-bond donors (Lipinski definition) is 0. The SMILES string of the molecule is CCCCCC1CCC(c2ccc(C3=CCc4c(cc(F)c(OC(F)(F)F)c4F)C3)cc2)C(F)C1. The van der Waals surface area contributed by atoms with Crippen molar-refractivity contribution >= 4 is 5.57 Å². The summed E-state index contributed by atoms with van der Waals surface area (Å²) in [5, 5.41) is 0.